The van der Waals surface area contributed by atoms with Crippen molar-refractivity contribution in [1.82, 2.24) is 5.32 Å². The number of amides is 1. The van der Waals surface area contributed by atoms with Gasteiger partial charge in [0.05, 0.1) is 12.1 Å². The molecule has 0 aliphatic heterocycles. The molecule has 9 nitrogen and oxygen atoms in total. The smallest absolute Gasteiger partial charge is 0.408 e. The van der Waals surface area contributed by atoms with E-state index in [2.05, 4.69) is 5.32 Å². The van der Waals surface area contributed by atoms with Crippen LogP contribution in [0.3, 0.4) is 0 Å². The molecule has 0 aromatic heterocycles. The first-order chi connectivity index (χ1) is 21.3. The van der Waals surface area contributed by atoms with E-state index in [0.717, 1.165) is 32.5 Å². The summed E-state index contributed by atoms with van der Waals surface area (Å²) in [5.41, 5.74) is -0.0716. The zero-order valence-electron chi connectivity index (χ0n) is 25.9. The monoisotopic (exact) mass is 677 g/mol. The Morgan fingerprint density at radius 2 is 1.76 bits per heavy atom. The standard InChI is InChI=1S/C33H41ClNO8PS/c1-32(2,3)43-31(36)35-33(23-41-24-40-4,18-19-44(37,38)39)17-9-12-26-15-16-29(21-30(26)34)45-28-14-8-13-27(20-28)42-22-25-10-6-5-7-11-25/h5-8,10-11,13-16,18-21H,9,12,17,22-24H2,1-4H3,(H,35,36)(H2,37,38,39)/b19-18-. The van der Waals surface area contributed by atoms with Gasteiger partial charge in [0.1, 0.15) is 24.8 Å². The second-order valence-electron chi connectivity index (χ2n) is 11.4. The molecule has 12 heteroatoms. The van der Waals surface area contributed by atoms with Crippen molar-refractivity contribution in [2.75, 3.05) is 20.5 Å². The molecular formula is C33H41ClNO8PS. The minimum atomic E-state index is -4.53. The molecule has 0 bridgehead atoms. The van der Waals surface area contributed by atoms with Crippen LogP contribution >= 0.6 is 31.0 Å². The van der Waals surface area contributed by atoms with Crippen LogP contribution in [0.1, 0.15) is 44.7 Å². The number of methoxy groups -OCH3 is 1. The molecule has 0 aliphatic rings. The van der Waals surface area contributed by atoms with Gasteiger partial charge in [-0.25, -0.2) is 4.79 Å². The molecule has 1 amide bonds. The maximum atomic E-state index is 12.7. The van der Waals surface area contributed by atoms with Gasteiger partial charge in [-0.05, 0) is 87.6 Å². The molecule has 45 heavy (non-hydrogen) atoms. The van der Waals surface area contributed by atoms with Gasteiger partial charge in [0, 0.05) is 27.7 Å². The van der Waals surface area contributed by atoms with Gasteiger partial charge in [-0.1, -0.05) is 65.8 Å². The number of aryl methyl sites for hydroxylation is 1. The predicted molar refractivity (Wildman–Crippen MR) is 177 cm³/mol. The van der Waals surface area contributed by atoms with Crippen LogP contribution in [0, 0.1) is 0 Å². The number of hydrogen-bond donors (Lipinski definition) is 3. The van der Waals surface area contributed by atoms with E-state index in [1.54, 1.807) is 32.5 Å². The number of rotatable bonds is 16. The van der Waals surface area contributed by atoms with Crippen molar-refractivity contribution < 1.29 is 38.1 Å². The summed E-state index contributed by atoms with van der Waals surface area (Å²) in [7, 11) is -3.08. The molecule has 0 radical (unpaired) electrons. The number of nitrogens with one attached hydrogen (secondary N) is 1. The van der Waals surface area contributed by atoms with E-state index < -0.39 is 24.8 Å². The fourth-order valence-electron chi connectivity index (χ4n) is 4.29. The summed E-state index contributed by atoms with van der Waals surface area (Å²) in [6.45, 7) is 5.48. The van der Waals surface area contributed by atoms with Crippen LogP contribution in [-0.2, 0) is 31.8 Å². The second-order valence-corrected chi connectivity index (χ2v) is 14.4. The first kappa shape index (κ1) is 36.6. The average Bonchev–Trinajstić information content (AvgIpc) is 2.96. The molecule has 0 heterocycles. The van der Waals surface area contributed by atoms with E-state index >= 15 is 0 Å². The quantitative estimate of drug-likeness (QED) is 0.0787. The number of ether oxygens (including phenoxy) is 4. The molecular weight excluding hydrogens is 637 g/mol. The fraction of sp³-hybridized carbons (Fsp3) is 0.364. The van der Waals surface area contributed by atoms with Gasteiger partial charge in [-0.3, -0.25) is 4.57 Å². The third-order valence-corrected chi connectivity index (χ3v) is 8.15. The van der Waals surface area contributed by atoms with Crippen LogP contribution in [0.5, 0.6) is 5.75 Å². The van der Waals surface area contributed by atoms with Crippen LogP contribution in [0.15, 0.2) is 94.5 Å². The lowest BCUT2D eigenvalue weighted by Crippen LogP contribution is -2.52. The zero-order valence-corrected chi connectivity index (χ0v) is 28.4. The van der Waals surface area contributed by atoms with Crippen molar-refractivity contribution in [2.24, 2.45) is 0 Å². The zero-order chi connectivity index (χ0) is 32.9. The molecule has 0 saturated heterocycles. The van der Waals surface area contributed by atoms with Crippen molar-refractivity contribution in [1.29, 1.82) is 0 Å². The number of benzene rings is 3. The van der Waals surface area contributed by atoms with E-state index in [1.807, 2.05) is 72.8 Å². The third kappa shape index (κ3) is 14.0. The van der Waals surface area contributed by atoms with Crippen molar-refractivity contribution in [3.05, 3.63) is 101 Å². The Labute approximate surface area is 274 Å². The Morgan fingerprint density at radius 3 is 2.42 bits per heavy atom. The third-order valence-electron chi connectivity index (χ3n) is 6.28. The molecule has 0 aliphatic carbocycles. The molecule has 0 fully saturated rings. The van der Waals surface area contributed by atoms with Gasteiger partial charge in [0.15, 0.2) is 0 Å². The van der Waals surface area contributed by atoms with Crippen LogP contribution < -0.4 is 10.1 Å². The van der Waals surface area contributed by atoms with E-state index in [-0.39, 0.29) is 19.8 Å². The topological polar surface area (TPSA) is 124 Å². The van der Waals surface area contributed by atoms with E-state index in [0.29, 0.717) is 24.5 Å². The number of carbonyl (C=O) groups is 1. The Hall–Kier alpha value is -2.82. The lowest BCUT2D eigenvalue weighted by Gasteiger charge is -2.33. The highest BCUT2D eigenvalue weighted by Gasteiger charge is 2.33. The molecule has 3 aromatic carbocycles. The number of carbonyl (C=O) groups excluding carboxylic acids is 1. The Balaban J connectivity index is 1.69. The summed E-state index contributed by atoms with van der Waals surface area (Å²) in [6.07, 6.45) is 1.85. The SMILES string of the molecule is COCOCC(/C=C\P(=O)(O)O)(CCCc1ccc(Sc2cccc(OCc3ccccc3)c2)cc1Cl)NC(=O)OC(C)(C)C. The number of alkyl carbamates (subject to hydrolysis) is 1. The lowest BCUT2D eigenvalue weighted by atomic mass is 9.92. The first-order valence-corrected chi connectivity index (χ1v) is 17.2. The van der Waals surface area contributed by atoms with Gasteiger partial charge < -0.3 is 34.1 Å². The van der Waals surface area contributed by atoms with Gasteiger partial charge in [-0.15, -0.1) is 0 Å². The number of hydrogen-bond acceptors (Lipinski definition) is 7. The molecule has 3 N–H and O–H groups in total. The summed E-state index contributed by atoms with van der Waals surface area (Å²) < 4.78 is 33.6. The fourth-order valence-corrected chi connectivity index (χ4v) is 6.02. The Bertz CT molecular complexity index is 1460. The molecule has 244 valence electrons. The second kappa shape index (κ2) is 17.2. The van der Waals surface area contributed by atoms with Gasteiger partial charge in [-0.2, -0.15) is 0 Å². The maximum absolute atomic E-state index is 12.7. The molecule has 0 saturated carbocycles. The van der Waals surface area contributed by atoms with Gasteiger partial charge in [0.25, 0.3) is 0 Å². The lowest BCUT2D eigenvalue weighted by molar-refractivity contribution is -0.0492. The average molecular weight is 678 g/mol. The Kier molecular flexibility index (Phi) is 14.0. The van der Waals surface area contributed by atoms with E-state index in [9.17, 15) is 19.1 Å². The van der Waals surface area contributed by atoms with Crippen LogP contribution in [-0.4, -0.2) is 47.5 Å². The van der Waals surface area contributed by atoms with Crippen LogP contribution in [0.2, 0.25) is 5.02 Å². The van der Waals surface area contributed by atoms with Crippen LogP contribution in [0.4, 0.5) is 4.79 Å². The van der Waals surface area contributed by atoms with Crippen molar-refractivity contribution >= 4 is 37.1 Å². The predicted octanol–water partition coefficient (Wildman–Crippen LogP) is 7.97. The first-order valence-electron chi connectivity index (χ1n) is 14.3. The normalized spacial score (nSPS) is 13.4. The molecule has 1 unspecified atom stereocenters. The van der Waals surface area contributed by atoms with Crippen molar-refractivity contribution in [2.45, 2.75) is 67.6 Å². The minimum Gasteiger partial charge on any atom is -0.489 e. The van der Waals surface area contributed by atoms with Crippen LogP contribution in [0.25, 0.3) is 0 Å². The highest BCUT2D eigenvalue weighted by atomic mass is 35.5. The van der Waals surface area contributed by atoms with Gasteiger partial charge in [0.2, 0.25) is 0 Å². The maximum Gasteiger partial charge on any atom is 0.408 e. The molecule has 3 rings (SSSR count). The largest absolute Gasteiger partial charge is 0.489 e. The van der Waals surface area contributed by atoms with Crippen molar-refractivity contribution in [3.63, 3.8) is 0 Å². The van der Waals surface area contributed by atoms with E-state index in [1.165, 1.54) is 13.2 Å². The molecule has 1 atom stereocenters. The Morgan fingerprint density at radius 1 is 1.02 bits per heavy atom. The molecule has 0 spiro atoms. The number of halogens is 1. The van der Waals surface area contributed by atoms with Crippen molar-refractivity contribution in [3.8, 4) is 5.75 Å². The highest BCUT2D eigenvalue weighted by Crippen LogP contribution is 2.38. The summed E-state index contributed by atoms with van der Waals surface area (Å²) in [6, 6.07) is 23.7. The van der Waals surface area contributed by atoms with Gasteiger partial charge >= 0.3 is 13.7 Å². The summed E-state index contributed by atoms with van der Waals surface area (Å²) in [5.74, 6) is 1.54. The summed E-state index contributed by atoms with van der Waals surface area (Å²) in [5, 5.41) is 3.35. The molecule has 3 aromatic rings. The highest BCUT2D eigenvalue weighted by molar-refractivity contribution is 7.99. The summed E-state index contributed by atoms with van der Waals surface area (Å²) >= 11 is 8.26. The minimum absolute atomic E-state index is 0.0749. The summed E-state index contributed by atoms with van der Waals surface area (Å²) in [4.78, 5) is 33.8. The van der Waals surface area contributed by atoms with E-state index in [4.69, 9.17) is 30.5 Å².